The summed E-state index contributed by atoms with van der Waals surface area (Å²) in [6.45, 7) is 3.00. The lowest BCUT2D eigenvalue weighted by atomic mass is 10.1. The number of nitriles is 1. The Morgan fingerprint density at radius 2 is 2.16 bits per heavy atom. The molecule has 1 fully saturated rings. The highest BCUT2D eigenvalue weighted by Gasteiger charge is 2.39. The molecule has 0 unspecified atom stereocenters. The molecule has 2 atom stereocenters. The maximum Gasteiger partial charge on any atom is 0.228 e. The van der Waals surface area contributed by atoms with Gasteiger partial charge in [-0.3, -0.25) is 9.48 Å². The molecule has 3 heterocycles. The van der Waals surface area contributed by atoms with Crippen molar-refractivity contribution in [3.63, 3.8) is 0 Å². The highest BCUT2D eigenvalue weighted by molar-refractivity contribution is 5.97. The Balaban J connectivity index is 1.73. The Morgan fingerprint density at radius 1 is 1.35 bits per heavy atom. The van der Waals surface area contributed by atoms with Gasteiger partial charge in [-0.25, -0.2) is 4.98 Å². The van der Waals surface area contributed by atoms with E-state index in [0.29, 0.717) is 22.4 Å². The van der Waals surface area contributed by atoms with Crippen LogP contribution in [0.4, 0.5) is 11.6 Å². The molecule has 1 aliphatic carbocycles. The largest absolute Gasteiger partial charge is 0.371 e. The second kappa shape index (κ2) is 7.69. The van der Waals surface area contributed by atoms with Crippen LogP contribution >= 0.6 is 0 Å². The van der Waals surface area contributed by atoms with Crippen LogP contribution in [0.2, 0.25) is 0 Å². The monoisotopic (exact) mass is 417 g/mol. The molecule has 4 rings (SSSR count). The number of pyridine rings is 1. The van der Waals surface area contributed by atoms with E-state index >= 15 is 0 Å². The first-order valence-corrected chi connectivity index (χ1v) is 9.71. The van der Waals surface area contributed by atoms with Crippen molar-refractivity contribution in [2.24, 2.45) is 11.8 Å². The third-order valence-corrected chi connectivity index (χ3v) is 5.22. The van der Waals surface area contributed by atoms with Crippen molar-refractivity contribution in [1.29, 1.82) is 5.26 Å². The number of nitrogens with zero attached hydrogens (tertiary/aromatic N) is 6. The molecule has 0 aromatic carbocycles. The Labute approximate surface area is 184 Å². The Hall–Kier alpha value is -3.98. The van der Waals surface area contributed by atoms with Gasteiger partial charge in [-0.1, -0.05) is 18.8 Å². The van der Waals surface area contributed by atoms with Gasteiger partial charge in [0.25, 0.3) is 0 Å². The summed E-state index contributed by atoms with van der Waals surface area (Å²) in [7, 11) is 0. The lowest BCUT2D eigenvalue weighted by Crippen LogP contribution is -2.24. The first kappa shape index (κ1) is 16.8. The lowest BCUT2D eigenvalue weighted by Gasteiger charge is -2.14. The molecule has 0 saturated heterocycles. The quantitative estimate of drug-likeness (QED) is 0.626. The third kappa shape index (κ3) is 4.03. The van der Waals surface area contributed by atoms with E-state index < -0.39 is 12.5 Å². The van der Waals surface area contributed by atoms with Crippen molar-refractivity contribution < 1.29 is 8.91 Å². The van der Waals surface area contributed by atoms with E-state index in [0.717, 1.165) is 6.42 Å². The Morgan fingerprint density at radius 3 is 2.87 bits per heavy atom. The third-order valence-electron chi connectivity index (χ3n) is 5.22. The van der Waals surface area contributed by atoms with Gasteiger partial charge in [0.1, 0.15) is 11.1 Å². The maximum absolute atomic E-state index is 12.3. The van der Waals surface area contributed by atoms with Gasteiger partial charge in [0.05, 0.1) is 23.4 Å². The molecule has 9 nitrogen and oxygen atoms in total. The second-order valence-electron chi connectivity index (χ2n) is 8.04. The minimum absolute atomic E-state index is 0.0327. The fourth-order valence-electron chi connectivity index (χ4n) is 3.07. The van der Waals surface area contributed by atoms with Gasteiger partial charge in [-0.15, -0.1) is 10.2 Å². The van der Waals surface area contributed by atoms with Gasteiger partial charge in [0, 0.05) is 34.8 Å². The van der Waals surface area contributed by atoms with E-state index in [1.165, 1.54) is 10.9 Å². The van der Waals surface area contributed by atoms with E-state index in [1.54, 1.807) is 32.3 Å². The number of hydrogen-bond acceptors (Lipinski definition) is 7. The average molecular weight is 417 g/mol. The van der Waals surface area contributed by atoms with Gasteiger partial charge >= 0.3 is 0 Å². The molecule has 1 saturated carbocycles. The standard InChI is InChI=1S/C22H22N8O/c1-13-7-16(13)21(31)27-18-8-17-15(10-25-20(24-4)19(17)29-28-18)6-5-14-9-26-30(11-14)22(2,3)12-23/h8-11,13,16H,7H2,1-4H3,(H,24,25)(H,27,28,31)/t13-,16+/m1/s1/i4D3. The topological polar surface area (TPSA) is 121 Å². The van der Waals surface area contributed by atoms with E-state index in [-0.39, 0.29) is 29.0 Å². The van der Waals surface area contributed by atoms with Crippen LogP contribution in [-0.2, 0) is 10.3 Å². The van der Waals surface area contributed by atoms with Gasteiger partial charge in [-0.05, 0) is 32.3 Å². The van der Waals surface area contributed by atoms with Crippen molar-refractivity contribution in [3.8, 4) is 17.9 Å². The lowest BCUT2D eigenvalue weighted by molar-refractivity contribution is -0.117. The number of rotatable bonds is 4. The number of carbonyl (C=O) groups excluding carboxylic acids is 1. The molecule has 0 bridgehead atoms. The molecule has 0 aliphatic heterocycles. The number of anilines is 2. The zero-order chi connectivity index (χ0) is 24.7. The van der Waals surface area contributed by atoms with E-state index in [9.17, 15) is 10.1 Å². The van der Waals surface area contributed by atoms with Crippen LogP contribution in [0.5, 0.6) is 0 Å². The molecule has 3 aromatic heterocycles. The molecule has 2 N–H and O–H groups in total. The molecular weight excluding hydrogens is 392 g/mol. The number of hydrogen-bond donors (Lipinski definition) is 2. The van der Waals surface area contributed by atoms with Crippen LogP contribution in [0.15, 0.2) is 24.7 Å². The van der Waals surface area contributed by atoms with Crippen molar-refractivity contribution in [2.45, 2.75) is 32.7 Å². The fourth-order valence-corrected chi connectivity index (χ4v) is 3.07. The first-order valence-electron chi connectivity index (χ1n) is 11.2. The summed E-state index contributed by atoms with van der Waals surface area (Å²) in [6, 6.07) is 3.77. The summed E-state index contributed by atoms with van der Waals surface area (Å²) in [4.78, 5) is 16.5. The summed E-state index contributed by atoms with van der Waals surface area (Å²) in [5, 5.41) is 27.2. The number of amides is 1. The normalized spacial score (nSPS) is 19.2. The van der Waals surface area contributed by atoms with Crippen molar-refractivity contribution in [3.05, 3.63) is 35.8 Å². The van der Waals surface area contributed by atoms with Gasteiger partial charge < -0.3 is 10.6 Å². The summed E-state index contributed by atoms with van der Waals surface area (Å²) in [5.74, 6) is 6.42. The minimum Gasteiger partial charge on any atom is -0.371 e. The highest BCUT2D eigenvalue weighted by Crippen LogP contribution is 2.38. The molecule has 1 amide bonds. The molecule has 0 radical (unpaired) electrons. The minimum atomic E-state index is -2.48. The molecule has 3 aromatic rings. The van der Waals surface area contributed by atoms with Gasteiger partial charge in [-0.2, -0.15) is 10.4 Å². The fraction of sp³-hybridized carbons (Fsp3) is 0.364. The van der Waals surface area contributed by atoms with E-state index in [2.05, 4.69) is 48.8 Å². The first-order chi connectivity index (χ1) is 16.0. The number of nitrogens with one attached hydrogen (secondary N) is 2. The smallest absolute Gasteiger partial charge is 0.228 e. The number of carbonyl (C=O) groups is 1. The number of aromatic nitrogens is 5. The molecule has 9 heteroatoms. The molecule has 0 spiro atoms. The van der Waals surface area contributed by atoms with Crippen LogP contribution < -0.4 is 10.6 Å². The summed E-state index contributed by atoms with van der Waals surface area (Å²) in [6.07, 6.45) is 5.48. The SMILES string of the molecule is [2H]C([2H])([2H])Nc1ncc(C#Cc2cnn(C(C)(C)C#N)c2)c2cc(NC(=O)[C@H]3C[C@H]3C)nnc12. The Kier molecular flexibility index (Phi) is 4.16. The Bertz CT molecular complexity index is 1380. The van der Waals surface area contributed by atoms with Crippen molar-refractivity contribution in [1.82, 2.24) is 25.0 Å². The maximum atomic E-state index is 12.3. The van der Waals surface area contributed by atoms with Crippen LogP contribution in [-0.4, -0.2) is 37.8 Å². The van der Waals surface area contributed by atoms with Crippen LogP contribution in [0, 0.1) is 35.0 Å². The van der Waals surface area contributed by atoms with Crippen molar-refractivity contribution in [2.75, 3.05) is 17.6 Å². The zero-order valence-electron chi connectivity index (χ0n) is 20.3. The zero-order valence-corrected chi connectivity index (χ0v) is 17.3. The second-order valence-corrected chi connectivity index (χ2v) is 8.04. The van der Waals surface area contributed by atoms with Crippen LogP contribution in [0.25, 0.3) is 10.9 Å². The summed E-state index contributed by atoms with van der Waals surface area (Å²) >= 11 is 0. The van der Waals surface area contributed by atoms with Crippen LogP contribution in [0.1, 0.15) is 42.4 Å². The molecular formula is C22H22N8O. The highest BCUT2D eigenvalue weighted by atomic mass is 16.2. The number of fused-ring (bicyclic) bond motifs is 1. The predicted molar refractivity (Wildman–Crippen MR) is 116 cm³/mol. The average Bonchev–Trinajstić information content (AvgIpc) is 3.30. The van der Waals surface area contributed by atoms with E-state index in [4.69, 9.17) is 4.11 Å². The predicted octanol–water partition coefficient (Wildman–Crippen LogP) is 2.52. The molecule has 31 heavy (non-hydrogen) atoms. The molecule has 1 aliphatic rings. The van der Waals surface area contributed by atoms with E-state index in [1.807, 2.05) is 6.92 Å². The molecule has 156 valence electrons. The van der Waals surface area contributed by atoms with Crippen LogP contribution in [0.3, 0.4) is 0 Å². The summed E-state index contributed by atoms with van der Waals surface area (Å²) < 4.78 is 24.0. The summed E-state index contributed by atoms with van der Waals surface area (Å²) in [5.41, 5.74) is 0.434. The van der Waals surface area contributed by atoms with Crippen molar-refractivity contribution >= 4 is 28.4 Å². The van der Waals surface area contributed by atoms with Gasteiger partial charge in [0.2, 0.25) is 5.91 Å². The van der Waals surface area contributed by atoms with Gasteiger partial charge in [0.15, 0.2) is 11.6 Å².